The van der Waals surface area contributed by atoms with Gasteiger partial charge in [0, 0.05) is 0 Å². The van der Waals surface area contributed by atoms with Crippen LogP contribution in [0, 0.1) is 0 Å². The SMILES string of the molecule is O=c1oc([C@@H](Cl)Cc2ccccc2)nc2ccccc12. The molecule has 0 amide bonds. The molecule has 3 rings (SSSR count). The van der Waals surface area contributed by atoms with Gasteiger partial charge in [-0.3, -0.25) is 0 Å². The predicted octanol–water partition coefficient (Wildman–Crippen LogP) is 3.71. The van der Waals surface area contributed by atoms with Crippen molar-refractivity contribution in [3.05, 3.63) is 76.5 Å². The summed E-state index contributed by atoms with van der Waals surface area (Å²) in [4.78, 5) is 16.2. The van der Waals surface area contributed by atoms with Crippen molar-refractivity contribution in [3.8, 4) is 0 Å². The lowest BCUT2D eigenvalue weighted by Gasteiger charge is -2.08. The number of para-hydroxylation sites is 1. The number of hydrogen-bond acceptors (Lipinski definition) is 3. The Balaban J connectivity index is 1.96. The van der Waals surface area contributed by atoms with Crippen LogP contribution >= 0.6 is 11.6 Å². The molecule has 0 radical (unpaired) electrons. The Morgan fingerprint density at radius 1 is 1.05 bits per heavy atom. The maximum atomic E-state index is 11.9. The van der Waals surface area contributed by atoms with Crippen molar-refractivity contribution in [1.29, 1.82) is 0 Å². The molecule has 0 bridgehead atoms. The highest BCUT2D eigenvalue weighted by molar-refractivity contribution is 6.20. The van der Waals surface area contributed by atoms with Crippen LogP contribution in [0.5, 0.6) is 0 Å². The number of alkyl halides is 1. The predicted molar refractivity (Wildman–Crippen MR) is 79.0 cm³/mol. The molecule has 1 heterocycles. The lowest BCUT2D eigenvalue weighted by atomic mass is 10.1. The van der Waals surface area contributed by atoms with Crippen LogP contribution in [0.1, 0.15) is 16.8 Å². The maximum absolute atomic E-state index is 11.9. The number of benzene rings is 2. The number of hydrogen-bond donors (Lipinski definition) is 0. The molecule has 0 saturated heterocycles. The lowest BCUT2D eigenvalue weighted by molar-refractivity contribution is 0.438. The van der Waals surface area contributed by atoms with Gasteiger partial charge in [0.25, 0.3) is 0 Å². The van der Waals surface area contributed by atoms with Crippen molar-refractivity contribution in [2.45, 2.75) is 11.8 Å². The molecule has 3 aromatic rings. The van der Waals surface area contributed by atoms with Gasteiger partial charge in [0.15, 0.2) is 0 Å². The van der Waals surface area contributed by atoms with Gasteiger partial charge in [-0.1, -0.05) is 42.5 Å². The standard InChI is InChI=1S/C16H12ClNO2/c17-13(10-11-6-2-1-3-7-11)15-18-14-9-5-4-8-12(14)16(19)20-15/h1-9,13H,10H2/t13-/m0/s1. The molecule has 0 spiro atoms. The molecule has 0 aliphatic rings. The van der Waals surface area contributed by atoms with E-state index in [-0.39, 0.29) is 5.89 Å². The minimum Gasteiger partial charge on any atom is -0.406 e. The van der Waals surface area contributed by atoms with E-state index in [1.165, 1.54) is 0 Å². The van der Waals surface area contributed by atoms with Crippen LogP contribution in [0.25, 0.3) is 10.9 Å². The largest absolute Gasteiger partial charge is 0.406 e. The van der Waals surface area contributed by atoms with E-state index in [0.717, 1.165) is 5.56 Å². The number of nitrogens with zero attached hydrogens (tertiary/aromatic N) is 1. The molecule has 0 aliphatic carbocycles. The Labute approximate surface area is 120 Å². The van der Waals surface area contributed by atoms with Crippen LogP contribution in [-0.4, -0.2) is 4.98 Å². The summed E-state index contributed by atoms with van der Waals surface area (Å²) in [6.45, 7) is 0. The van der Waals surface area contributed by atoms with Crippen molar-refractivity contribution in [3.63, 3.8) is 0 Å². The fraction of sp³-hybridized carbons (Fsp3) is 0.125. The first-order chi connectivity index (χ1) is 9.74. The minimum absolute atomic E-state index is 0.263. The highest BCUT2D eigenvalue weighted by Crippen LogP contribution is 2.23. The summed E-state index contributed by atoms with van der Waals surface area (Å²) in [6.07, 6.45) is 0.566. The van der Waals surface area contributed by atoms with E-state index in [1.807, 2.05) is 36.4 Å². The monoisotopic (exact) mass is 285 g/mol. The van der Waals surface area contributed by atoms with Gasteiger partial charge >= 0.3 is 5.63 Å². The molecule has 0 unspecified atom stereocenters. The van der Waals surface area contributed by atoms with Crippen molar-refractivity contribution < 1.29 is 4.42 Å². The summed E-state index contributed by atoms with van der Waals surface area (Å²) in [5.74, 6) is 0.263. The third-order valence-electron chi connectivity index (χ3n) is 3.08. The first-order valence-corrected chi connectivity index (χ1v) is 6.75. The van der Waals surface area contributed by atoms with Crippen molar-refractivity contribution >= 4 is 22.5 Å². The molecule has 20 heavy (non-hydrogen) atoms. The normalized spacial score (nSPS) is 12.4. The second kappa shape index (κ2) is 5.47. The zero-order chi connectivity index (χ0) is 13.9. The Morgan fingerprint density at radius 2 is 1.75 bits per heavy atom. The minimum atomic E-state index is -0.463. The first kappa shape index (κ1) is 12.9. The van der Waals surface area contributed by atoms with Crippen LogP contribution in [0.4, 0.5) is 0 Å². The summed E-state index contributed by atoms with van der Waals surface area (Å²) in [6, 6.07) is 16.9. The summed E-state index contributed by atoms with van der Waals surface area (Å²) < 4.78 is 5.23. The molecule has 3 nitrogen and oxygen atoms in total. The van der Waals surface area contributed by atoms with Crippen molar-refractivity contribution in [2.75, 3.05) is 0 Å². The smallest absolute Gasteiger partial charge is 0.346 e. The van der Waals surface area contributed by atoms with E-state index in [1.54, 1.807) is 18.2 Å². The average Bonchev–Trinajstić information content (AvgIpc) is 2.48. The lowest BCUT2D eigenvalue weighted by Crippen LogP contribution is -2.07. The molecule has 0 aliphatic heterocycles. The molecule has 1 aromatic heterocycles. The van der Waals surface area contributed by atoms with Crippen LogP contribution in [0.2, 0.25) is 0 Å². The van der Waals surface area contributed by atoms with Crippen LogP contribution in [0.15, 0.2) is 63.8 Å². The van der Waals surface area contributed by atoms with E-state index in [0.29, 0.717) is 17.3 Å². The third-order valence-corrected chi connectivity index (χ3v) is 3.42. The first-order valence-electron chi connectivity index (χ1n) is 6.32. The molecule has 2 aromatic carbocycles. The van der Waals surface area contributed by atoms with E-state index in [2.05, 4.69) is 4.98 Å². The summed E-state index contributed by atoms with van der Waals surface area (Å²) in [7, 11) is 0. The molecule has 0 saturated carbocycles. The Kier molecular flexibility index (Phi) is 3.52. The number of rotatable bonds is 3. The van der Waals surface area contributed by atoms with E-state index in [9.17, 15) is 4.79 Å². The number of halogens is 1. The topological polar surface area (TPSA) is 43.1 Å². The summed E-state index contributed by atoms with van der Waals surface area (Å²) in [5, 5.41) is 0.00883. The maximum Gasteiger partial charge on any atom is 0.346 e. The fourth-order valence-corrected chi connectivity index (χ4v) is 2.35. The highest BCUT2D eigenvalue weighted by atomic mass is 35.5. The average molecular weight is 286 g/mol. The molecule has 0 N–H and O–H groups in total. The Bertz CT molecular complexity index is 783. The van der Waals surface area contributed by atoms with Crippen LogP contribution in [-0.2, 0) is 6.42 Å². The quantitative estimate of drug-likeness (QED) is 0.689. The van der Waals surface area contributed by atoms with E-state index < -0.39 is 11.0 Å². The van der Waals surface area contributed by atoms with Gasteiger partial charge in [-0.25, -0.2) is 9.78 Å². The second-order valence-electron chi connectivity index (χ2n) is 4.51. The highest BCUT2D eigenvalue weighted by Gasteiger charge is 2.15. The zero-order valence-corrected chi connectivity index (χ0v) is 11.4. The summed E-state index contributed by atoms with van der Waals surface area (Å²) in [5.41, 5.74) is 1.28. The zero-order valence-electron chi connectivity index (χ0n) is 10.6. The Morgan fingerprint density at radius 3 is 2.55 bits per heavy atom. The molecular formula is C16H12ClNO2. The van der Waals surface area contributed by atoms with Crippen molar-refractivity contribution in [1.82, 2.24) is 4.98 Å². The molecule has 4 heteroatoms. The van der Waals surface area contributed by atoms with Gasteiger partial charge in [-0.15, -0.1) is 11.6 Å². The van der Waals surface area contributed by atoms with Crippen LogP contribution < -0.4 is 5.63 Å². The second-order valence-corrected chi connectivity index (χ2v) is 5.04. The number of fused-ring (bicyclic) bond motifs is 1. The van der Waals surface area contributed by atoms with Gasteiger partial charge in [0.2, 0.25) is 5.89 Å². The molecule has 0 fully saturated rings. The molecular weight excluding hydrogens is 274 g/mol. The van der Waals surface area contributed by atoms with Gasteiger partial charge < -0.3 is 4.42 Å². The van der Waals surface area contributed by atoms with Gasteiger partial charge in [0.05, 0.1) is 10.9 Å². The third kappa shape index (κ3) is 2.58. The van der Waals surface area contributed by atoms with Crippen LogP contribution in [0.3, 0.4) is 0 Å². The Hall–Kier alpha value is -2.13. The molecule has 1 atom stereocenters. The van der Waals surface area contributed by atoms with Gasteiger partial charge in [0.1, 0.15) is 5.38 Å². The molecule has 100 valence electrons. The van der Waals surface area contributed by atoms with Gasteiger partial charge in [-0.2, -0.15) is 0 Å². The van der Waals surface area contributed by atoms with Gasteiger partial charge in [-0.05, 0) is 24.1 Å². The summed E-state index contributed by atoms with van der Waals surface area (Å²) >= 11 is 6.32. The van der Waals surface area contributed by atoms with E-state index in [4.69, 9.17) is 16.0 Å². The fourth-order valence-electron chi connectivity index (χ4n) is 2.08. The van der Waals surface area contributed by atoms with Crippen molar-refractivity contribution in [2.24, 2.45) is 0 Å². The van der Waals surface area contributed by atoms with E-state index >= 15 is 0 Å². The number of aromatic nitrogens is 1.